The predicted molar refractivity (Wildman–Crippen MR) is 161 cm³/mol. The smallest absolute Gasteiger partial charge is 0.343 e. The van der Waals surface area contributed by atoms with Crippen molar-refractivity contribution in [2.24, 2.45) is 0 Å². The first-order valence-corrected chi connectivity index (χ1v) is 14.7. The van der Waals surface area contributed by atoms with E-state index in [4.69, 9.17) is 9.47 Å². The Morgan fingerprint density at radius 3 is 2.29 bits per heavy atom. The van der Waals surface area contributed by atoms with Crippen molar-refractivity contribution in [2.75, 3.05) is 65.0 Å². The number of fused-ring (bicyclic) bond motifs is 1. The van der Waals surface area contributed by atoms with Crippen molar-refractivity contribution < 1.29 is 23.8 Å². The molecule has 1 saturated carbocycles. The monoisotopic (exact) mass is 559 g/mol. The third-order valence-electron chi connectivity index (χ3n) is 8.33. The lowest BCUT2D eigenvalue weighted by molar-refractivity contribution is -0.142. The van der Waals surface area contributed by atoms with E-state index in [1.165, 1.54) is 32.8 Å². The van der Waals surface area contributed by atoms with Gasteiger partial charge >= 0.3 is 5.97 Å². The molecule has 2 fully saturated rings. The fraction of sp³-hybridized carbons (Fsp3) is 0.455. The summed E-state index contributed by atoms with van der Waals surface area (Å²) in [6.07, 6.45) is 6.43. The summed E-state index contributed by atoms with van der Waals surface area (Å²) in [7, 11) is 3.56. The number of carbonyl (C=O) groups excluding carboxylic acids is 2. The van der Waals surface area contributed by atoms with E-state index in [2.05, 4.69) is 33.7 Å². The summed E-state index contributed by atoms with van der Waals surface area (Å²) >= 11 is 0. The zero-order valence-corrected chi connectivity index (χ0v) is 24.2. The van der Waals surface area contributed by atoms with Crippen LogP contribution in [0, 0.1) is 0 Å². The SMILES string of the molecule is COC(=O)COc1ccc(C(=O)N2CCN(c3ccc(OCCCN(C)C4CCCC4)cc3)CC2)c2ccccc12. The third-order valence-corrected chi connectivity index (χ3v) is 8.33. The van der Waals surface area contributed by atoms with Gasteiger partial charge in [0.1, 0.15) is 11.5 Å². The minimum atomic E-state index is -0.452. The molecule has 0 N–H and O–H groups in total. The van der Waals surface area contributed by atoms with Crippen LogP contribution < -0.4 is 14.4 Å². The molecule has 1 saturated heterocycles. The molecule has 0 spiro atoms. The quantitative estimate of drug-likeness (QED) is 0.242. The highest BCUT2D eigenvalue weighted by Crippen LogP contribution is 2.30. The first kappa shape index (κ1) is 28.7. The highest BCUT2D eigenvalue weighted by Gasteiger charge is 2.24. The third kappa shape index (κ3) is 7.11. The summed E-state index contributed by atoms with van der Waals surface area (Å²) < 4.78 is 16.3. The fourth-order valence-corrected chi connectivity index (χ4v) is 5.90. The topological polar surface area (TPSA) is 71.5 Å². The van der Waals surface area contributed by atoms with E-state index in [9.17, 15) is 9.59 Å². The second-order valence-corrected chi connectivity index (χ2v) is 10.9. The maximum Gasteiger partial charge on any atom is 0.343 e. The Balaban J connectivity index is 1.12. The summed E-state index contributed by atoms with van der Waals surface area (Å²) in [6.45, 7) is 4.43. The van der Waals surface area contributed by atoms with Gasteiger partial charge in [0.25, 0.3) is 5.91 Å². The number of rotatable bonds is 11. The number of carbonyl (C=O) groups is 2. The Labute approximate surface area is 242 Å². The summed E-state index contributed by atoms with van der Waals surface area (Å²) in [5.41, 5.74) is 1.78. The molecule has 5 rings (SSSR count). The van der Waals surface area contributed by atoms with E-state index < -0.39 is 5.97 Å². The average Bonchev–Trinajstić information content (AvgIpc) is 3.57. The lowest BCUT2D eigenvalue weighted by atomic mass is 10.0. The van der Waals surface area contributed by atoms with E-state index >= 15 is 0 Å². The molecule has 0 atom stereocenters. The number of benzene rings is 3. The molecular weight excluding hydrogens is 518 g/mol. The number of amides is 1. The van der Waals surface area contributed by atoms with Gasteiger partial charge in [-0.15, -0.1) is 0 Å². The first-order valence-electron chi connectivity index (χ1n) is 14.7. The molecule has 3 aromatic carbocycles. The van der Waals surface area contributed by atoms with Crippen LogP contribution in [0.1, 0.15) is 42.5 Å². The average molecular weight is 560 g/mol. The zero-order chi connectivity index (χ0) is 28.6. The molecule has 0 radical (unpaired) electrons. The molecule has 1 aliphatic heterocycles. The van der Waals surface area contributed by atoms with Crippen molar-refractivity contribution in [3.63, 3.8) is 0 Å². The van der Waals surface area contributed by atoms with E-state index in [1.807, 2.05) is 41.3 Å². The van der Waals surface area contributed by atoms with E-state index in [0.29, 0.717) is 24.4 Å². The molecule has 0 bridgehead atoms. The van der Waals surface area contributed by atoms with Crippen LogP contribution in [0.15, 0.2) is 60.7 Å². The van der Waals surface area contributed by atoms with Gasteiger partial charge in [-0.05, 0) is 68.1 Å². The molecule has 1 aliphatic carbocycles. The Morgan fingerprint density at radius 1 is 0.878 bits per heavy atom. The molecule has 3 aromatic rings. The number of hydrogen-bond acceptors (Lipinski definition) is 7. The van der Waals surface area contributed by atoms with Gasteiger partial charge in [-0.25, -0.2) is 4.79 Å². The highest BCUT2D eigenvalue weighted by molar-refractivity contribution is 6.08. The summed E-state index contributed by atoms with van der Waals surface area (Å²) in [5.74, 6) is 1.00. The maximum atomic E-state index is 13.5. The minimum absolute atomic E-state index is 0.00249. The predicted octanol–water partition coefficient (Wildman–Crippen LogP) is 5.00. The van der Waals surface area contributed by atoms with Crippen LogP contribution in [0.4, 0.5) is 5.69 Å². The molecule has 8 nitrogen and oxygen atoms in total. The van der Waals surface area contributed by atoms with Gasteiger partial charge in [0.2, 0.25) is 0 Å². The maximum absolute atomic E-state index is 13.5. The number of nitrogens with zero attached hydrogens (tertiary/aromatic N) is 3. The van der Waals surface area contributed by atoms with Crippen LogP contribution in [-0.2, 0) is 9.53 Å². The van der Waals surface area contributed by atoms with Crippen LogP contribution in [0.5, 0.6) is 11.5 Å². The van der Waals surface area contributed by atoms with Gasteiger partial charge in [-0.3, -0.25) is 4.79 Å². The molecule has 218 valence electrons. The largest absolute Gasteiger partial charge is 0.494 e. The van der Waals surface area contributed by atoms with Crippen molar-refractivity contribution in [1.29, 1.82) is 0 Å². The number of methoxy groups -OCH3 is 1. The molecule has 0 unspecified atom stereocenters. The normalized spacial score (nSPS) is 15.9. The minimum Gasteiger partial charge on any atom is -0.494 e. The van der Waals surface area contributed by atoms with Crippen LogP contribution in [0.25, 0.3) is 10.8 Å². The Hall–Kier alpha value is -3.78. The number of ether oxygens (including phenoxy) is 3. The van der Waals surface area contributed by atoms with Gasteiger partial charge in [0.05, 0.1) is 13.7 Å². The van der Waals surface area contributed by atoms with E-state index in [0.717, 1.165) is 60.9 Å². The van der Waals surface area contributed by atoms with Crippen LogP contribution in [0.3, 0.4) is 0 Å². The Kier molecular flexibility index (Phi) is 9.62. The number of hydrogen-bond donors (Lipinski definition) is 0. The van der Waals surface area contributed by atoms with E-state index in [1.54, 1.807) is 12.1 Å². The molecule has 0 aromatic heterocycles. The van der Waals surface area contributed by atoms with Gasteiger partial charge in [-0.1, -0.05) is 37.1 Å². The van der Waals surface area contributed by atoms with Crippen molar-refractivity contribution in [1.82, 2.24) is 9.80 Å². The standard InChI is InChI=1S/C33H41N3O5/c1-34(25-8-3-4-9-25)18-7-23-40-27-14-12-26(13-15-27)35-19-21-36(22-20-35)33(38)30-16-17-31(41-24-32(37)39-2)29-11-6-5-10-28(29)30/h5-6,10-17,25H,3-4,7-9,18-24H2,1-2H3. The van der Waals surface area contributed by atoms with E-state index in [-0.39, 0.29) is 12.5 Å². The summed E-state index contributed by atoms with van der Waals surface area (Å²) in [6, 6.07) is 20.2. The van der Waals surface area contributed by atoms with Gasteiger partial charge in [0.15, 0.2) is 6.61 Å². The van der Waals surface area contributed by atoms with Crippen LogP contribution in [0.2, 0.25) is 0 Å². The fourth-order valence-electron chi connectivity index (χ4n) is 5.90. The molecule has 1 amide bonds. The molecule has 41 heavy (non-hydrogen) atoms. The van der Waals surface area contributed by atoms with Crippen molar-refractivity contribution >= 4 is 28.3 Å². The zero-order valence-electron chi connectivity index (χ0n) is 24.2. The number of anilines is 1. The highest BCUT2D eigenvalue weighted by atomic mass is 16.6. The summed E-state index contributed by atoms with van der Waals surface area (Å²) in [5, 5.41) is 1.60. The van der Waals surface area contributed by atoms with Crippen molar-refractivity contribution in [3.8, 4) is 11.5 Å². The Morgan fingerprint density at radius 2 is 1.59 bits per heavy atom. The number of piperazine rings is 1. The number of esters is 1. The Bertz CT molecular complexity index is 1310. The second-order valence-electron chi connectivity index (χ2n) is 10.9. The first-order chi connectivity index (χ1) is 20.0. The lowest BCUT2D eigenvalue weighted by Gasteiger charge is -2.36. The van der Waals surface area contributed by atoms with Gasteiger partial charge < -0.3 is 28.9 Å². The molecule has 8 heteroatoms. The second kappa shape index (κ2) is 13.7. The molecule has 2 aliphatic rings. The lowest BCUT2D eigenvalue weighted by Crippen LogP contribution is -2.48. The molecular formula is C33H41N3O5. The molecule has 1 heterocycles. The van der Waals surface area contributed by atoms with Crippen molar-refractivity contribution in [2.45, 2.75) is 38.1 Å². The van der Waals surface area contributed by atoms with Gasteiger partial charge in [0, 0.05) is 55.4 Å². The van der Waals surface area contributed by atoms with Crippen molar-refractivity contribution in [3.05, 3.63) is 66.2 Å². The van der Waals surface area contributed by atoms with Crippen LogP contribution >= 0.6 is 0 Å². The van der Waals surface area contributed by atoms with Gasteiger partial charge in [-0.2, -0.15) is 0 Å². The van der Waals surface area contributed by atoms with Crippen LogP contribution in [-0.4, -0.2) is 87.8 Å². The summed E-state index contributed by atoms with van der Waals surface area (Å²) in [4.78, 5) is 31.8.